The van der Waals surface area contributed by atoms with Crippen molar-refractivity contribution in [3.8, 4) is 5.69 Å². The van der Waals surface area contributed by atoms with Crippen molar-refractivity contribution in [1.29, 1.82) is 0 Å². The van der Waals surface area contributed by atoms with Crippen molar-refractivity contribution < 1.29 is 9.32 Å². The van der Waals surface area contributed by atoms with Gasteiger partial charge in [-0.2, -0.15) is 9.36 Å². The summed E-state index contributed by atoms with van der Waals surface area (Å²) in [7, 11) is 0. The Balaban J connectivity index is 1.79. The van der Waals surface area contributed by atoms with E-state index < -0.39 is 11.6 Å². The maximum absolute atomic E-state index is 12.2. The zero-order chi connectivity index (χ0) is 16.4. The van der Waals surface area contributed by atoms with Gasteiger partial charge in [0.15, 0.2) is 5.82 Å². The summed E-state index contributed by atoms with van der Waals surface area (Å²) in [5.74, 6) is 0.341. The fourth-order valence-corrected chi connectivity index (χ4v) is 2.11. The molecule has 0 saturated carbocycles. The fourth-order valence-electron chi connectivity index (χ4n) is 1.89. The third-order valence-electron chi connectivity index (χ3n) is 2.91. The van der Waals surface area contributed by atoms with Gasteiger partial charge in [0.25, 0.3) is 0 Å². The topological polar surface area (TPSA) is 108 Å². The molecule has 23 heavy (non-hydrogen) atoms. The average Bonchev–Trinajstić information content (AvgIpc) is 3.07. The lowest BCUT2D eigenvalue weighted by atomic mass is 10.3. The first-order valence-corrected chi connectivity index (χ1v) is 6.93. The monoisotopic (exact) mass is 334 g/mol. The van der Waals surface area contributed by atoms with E-state index in [2.05, 4.69) is 20.9 Å². The Morgan fingerprint density at radius 1 is 1.35 bits per heavy atom. The van der Waals surface area contributed by atoms with Crippen molar-refractivity contribution in [1.82, 2.24) is 24.9 Å². The molecule has 2 heterocycles. The molecule has 0 aliphatic heterocycles. The molecular weight excluding hydrogens is 324 g/mol. The van der Waals surface area contributed by atoms with Crippen molar-refractivity contribution in [3.63, 3.8) is 0 Å². The standard InChI is InChI=1S/C13H11ClN6O3/c1-8-6-11(16-23-8)15-12(21)7-19-13(22)20(18-17-19)10-5-3-2-4-9(10)14/h2-6H,7H2,1H3,(H,15,16,21). The van der Waals surface area contributed by atoms with Gasteiger partial charge < -0.3 is 9.84 Å². The molecule has 0 unspecified atom stereocenters. The Hall–Kier alpha value is -2.94. The summed E-state index contributed by atoms with van der Waals surface area (Å²) in [6.45, 7) is 1.39. The molecule has 0 aliphatic carbocycles. The van der Waals surface area contributed by atoms with Gasteiger partial charge >= 0.3 is 5.69 Å². The van der Waals surface area contributed by atoms with Crippen molar-refractivity contribution >= 4 is 23.3 Å². The van der Waals surface area contributed by atoms with Gasteiger partial charge in [0, 0.05) is 6.07 Å². The molecular formula is C13H11ClN6O3. The van der Waals surface area contributed by atoms with Gasteiger partial charge in [-0.25, -0.2) is 4.79 Å². The van der Waals surface area contributed by atoms with E-state index in [-0.39, 0.29) is 12.4 Å². The number of nitrogens with one attached hydrogen (secondary N) is 1. The van der Waals surface area contributed by atoms with E-state index in [1.54, 1.807) is 37.3 Å². The predicted octanol–water partition coefficient (Wildman–Crippen LogP) is 1.02. The average molecular weight is 335 g/mol. The van der Waals surface area contributed by atoms with Gasteiger partial charge in [-0.05, 0) is 29.5 Å². The molecule has 0 spiro atoms. The number of halogens is 1. The molecule has 1 N–H and O–H groups in total. The van der Waals surface area contributed by atoms with E-state index in [1.165, 1.54) is 0 Å². The van der Waals surface area contributed by atoms with Crippen LogP contribution in [-0.4, -0.2) is 30.9 Å². The number of aryl methyl sites for hydroxylation is 1. The number of hydrogen-bond donors (Lipinski definition) is 1. The lowest BCUT2D eigenvalue weighted by molar-refractivity contribution is -0.117. The van der Waals surface area contributed by atoms with Gasteiger partial charge in [0.1, 0.15) is 12.3 Å². The minimum Gasteiger partial charge on any atom is -0.360 e. The summed E-state index contributed by atoms with van der Waals surface area (Å²) in [5.41, 5.74) is -0.192. The number of benzene rings is 1. The van der Waals surface area contributed by atoms with E-state index in [4.69, 9.17) is 16.1 Å². The minimum absolute atomic E-state index is 0.263. The SMILES string of the molecule is Cc1cc(NC(=O)Cn2nnn(-c3ccccc3Cl)c2=O)no1. The first-order valence-electron chi connectivity index (χ1n) is 6.55. The van der Waals surface area contributed by atoms with Gasteiger partial charge in [0.2, 0.25) is 5.91 Å². The van der Waals surface area contributed by atoms with E-state index >= 15 is 0 Å². The van der Waals surface area contributed by atoms with Gasteiger partial charge in [-0.1, -0.05) is 28.9 Å². The van der Waals surface area contributed by atoms with Crippen LogP contribution in [0.4, 0.5) is 5.82 Å². The van der Waals surface area contributed by atoms with Crippen LogP contribution in [0.1, 0.15) is 5.76 Å². The van der Waals surface area contributed by atoms with Crippen molar-refractivity contribution in [2.45, 2.75) is 13.5 Å². The second-order valence-electron chi connectivity index (χ2n) is 4.65. The summed E-state index contributed by atoms with van der Waals surface area (Å²) in [5, 5.41) is 13.9. The first kappa shape index (κ1) is 15.0. The molecule has 1 aromatic carbocycles. The highest BCUT2D eigenvalue weighted by Gasteiger charge is 2.14. The number of nitrogens with zero attached hydrogens (tertiary/aromatic N) is 5. The summed E-state index contributed by atoms with van der Waals surface area (Å²) < 4.78 is 6.78. The Morgan fingerprint density at radius 2 is 2.13 bits per heavy atom. The summed E-state index contributed by atoms with van der Waals surface area (Å²) in [6.07, 6.45) is 0. The fraction of sp³-hybridized carbons (Fsp3) is 0.154. The number of rotatable bonds is 4. The molecule has 10 heteroatoms. The molecule has 0 bridgehead atoms. The van der Waals surface area contributed by atoms with Crippen LogP contribution >= 0.6 is 11.6 Å². The predicted molar refractivity (Wildman–Crippen MR) is 80.5 cm³/mol. The third-order valence-corrected chi connectivity index (χ3v) is 3.23. The smallest absolute Gasteiger partial charge is 0.360 e. The third kappa shape index (κ3) is 3.14. The van der Waals surface area contributed by atoms with Crippen LogP contribution in [0.15, 0.2) is 39.6 Å². The van der Waals surface area contributed by atoms with Crippen molar-refractivity contribution in [3.05, 3.63) is 51.6 Å². The summed E-state index contributed by atoms with van der Waals surface area (Å²) in [4.78, 5) is 24.1. The zero-order valence-corrected chi connectivity index (χ0v) is 12.7. The Bertz CT molecular complexity index is 912. The number of carbonyl (C=O) groups is 1. The molecule has 0 radical (unpaired) electrons. The Kier molecular flexibility index (Phi) is 3.94. The highest BCUT2D eigenvalue weighted by molar-refractivity contribution is 6.32. The lowest BCUT2D eigenvalue weighted by Gasteiger charge is -2.01. The number of anilines is 1. The number of amides is 1. The number of tetrazole rings is 1. The molecule has 1 amide bonds. The van der Waals surface area contributed by atoms with Gasteiger partial charge in [-0.3, -0.25) is 4.79 Å². The van der Waals surface area contributed by atoms with Crippen LogP contribution in [0, 0.1) is 6.92 Å². The highest BCUT2D eigenvalue weighted by Crippen LogP contribution is 2.16. The van der Waals surface area contributed by atoms with Crippen LogP contribution in [0.25, 0.3) is 5.69 Å². The number of hydrogen-bond acceptors (Lipinski definition) is 6. The van der Waals surface area contributed by atoms with E-state index in [0.717, 1.165) is 9.36 Å². The molecule has 3 aromatic rings. The largest absolute Gasteiger partial charge is 0.369 e. The quantitative estimate of drug-likeness (QED) is 0.763. The van der Waals surface area contributed by atoms with E-state index in [1.807, 2.05) is 0 Å². The Morgan fingerprint density at radius 3 is 2.83 bits per heavy atom. The molecule has 9 nitrogen and oxygen atoms in total. The van der Waals surface area contributed by atoms with E-state index in [0.29, 0.717) is 16.5 Å². The van der Waals surface area contributed by atoms with Crippen LogP contribution < -0.4 is 11.0 Å². The highest BCUT2D eigenvalue weighted by atomic mass is 35.5. The van der Waals surface area contributed by atoms with Crippen molar-refractivity contribution in [2.75, 3.05) is 5.32 Å². The second-order valence-corrected chi connectivity index (χ2v) is 5.06. The Labute approximate surface area is 134 Å². The molecule has 0 fully saturated rings. The maximum Gasteiger partial charge on any atom is 0.369 e. The maximum atomic E-state index is 12.2. The van der Waals surface area contributed by atoms with Crippen LogP contribution in [0.2, 0.25) is 5.02 Å². The first-order chi connectivity index (χ1) is 11.0. The number of carbonyl (C=O) groups excluding carboxylic acids is 1. The summed E-state index contributed by atoms with van der Waals surface area (Å²) in [6, 6.07) is 8.26. The minimum atomic E-state index is -0.579. The molecule has 3 rings (SSSR count). The molecule has 0 aliphatic rings. The zero-order valence-electron chi connectivity index (χ0n) is 11.9. The second kappa shape index (κ2) is 6.05. The number of para-hydroxylation sites is 1. The van der Waals surface area contributed by atoms with Crippen molar-refractivity contribution in [2.24, 2.45) is 0 Å². The molecule has 0 saturated heterocycles. The lowest BCUT2D eigenvalue weighted by Crippen LogP contribution is -2.29. The van der Waals surface area contributed by atoms with E-state index in [9.17, 15) is 9.59 Å². The van der Waals surface area contributed by atoms with Crippen LogP contribution in [-0.2, 0) is 11.3 Å². The molecule has 118 valence electrons. The molecule has 2 aromatic heterocycles. The van der Waals surface area contributed by atoms with Crippen LogP contribution in [0.3, 0.4) is 0 Å². The summed E-state index contributed by atoms with van der Waals surface area (Å²) >= 11 is 6.02. The van der Waals surface area contributed by atoms with Crippen LogP contribution in [0.5, 0.6) is 0 Å². The van der Waals surface area contributed by atoms with Gasteiger partial charge in [-0.15, -0.1) is 0 Å². The molecule has 0 atom stereocenters. The number of aromatic nitrogens is 5. The van der Waals surface area contributed by atoms with Gasteiger partial charge in [0.05, 0.1) is 10.7 Å². The normalized spacial score (nSPS) is 10.7.